The molecule has 0 radical (unpaired) electrons. The fraction of sp³-hybridized carbons (Fsp3) is 0.350. The van der Waals surface area contributed by atoms with Gasteiger partial charge in [0.05, 0.1) is 6.67 Å². The van der Waals surface area contributed by atoms with Crippen LogP contribution in [0.4, 0.5) is 0 Å². The summed E-state index contributed by atoms with van der Waals surface area (Å²) in [5.41, 5.74) is 4.48. The van der Waals surface area contributed by atoms with Gasteiger partial charge in [0.25, 0.3) is 5.91 Å². The summed E-state index contributed by atoms with van der Waals surface area (Å²) in [5.74, 6) is 0.192. The number of nitrogens with zero attached hydrogens (tertiary/aromatic N) is 2. The third kappa shape index (κ3) is 2.89. The number of carbonyl (C=O) groups excluding carboxylic acids is 1. The van der Waals surface area contributed by atoms with Gasteiger partial charge in [0.15, 0.2) is 0 Å². The van der Waals surface area contributed by atoms with Gasteiger partial charge in [-0.25, -0.2) is 0 Å². The van der Waals surface area contributed by atoms with Gasteiger partial charge in [0.1, 0.15) is 0 Å². The number of carbonyl (C=O) groups is 1. The molecular formula is C20H22N2O. The zero-order chi connectivity index (χ0) is 15.6. The van der Waals surface area contributed by atoms with E-state index in [4.69, 9.17) is 0 Å². The Hall–Kier alpha value is -2.13. The van der Waals surface area contributed by atoms with Gasteiger partial charge in [-0.1, -0.05) is 42.5 Å². The number of rotatable bonds is 3. The number of hydrogen-bond acceptors (Lipinski definition) is 2. The van der Waals surface area contributed by atoms with Crippen LogP contribution in [0, 0.1) is 0 Å². The van der Waals surface area contributed by atoms with Gasteiger partial charge in [-0.2, -0.15) is 0 Å². The average molecular weight is 306 g/mol. The summed E-state index contributed by atoms with van der Waals surface area (Å²) < 4.78 is 0. The van der Waals surface area contributed by atoms with E-state index in [2.05, 4.69) is 41.3 Å². The maximum Gasteiger partial charge on any atom is 0.255 e. The fourth-order valence-electron chi connectivity index (χ4n) is 3.65. The van der Waals surface area contributed by atoms with Gasteiger partial charge in [0.2, 0.25) is 0 Å². The third-order valence-electron chi connectivity index (χ3n) is 4.95. The van der Waals surface area contributed by atoms with Gasteiger partial charge >= 0.3 is 0 Å². The Morgan fingerprint density at radius 2 is 1.65 bits per heavy atom. The first kappa shape index (κ1) is 14.5. The van der Waals surface area contributed by atoms with Crippen molar-refractivity contribution in [1.82, 2.24) is 9.80 Å². The molecule has 3 heteroatoms. The molecule has 1 saturated heterocycles. The van der Waals surface area contributed by atoms with E-state index in [-0.39, 0.29) is 5.91 Å². The van der Waals surface area contributed by atoms with Crippen LogP contribution < -0.4 is 0 Å². The molecule has 0 saturated carbocycles. The van der Waals surface area contributed by atoms with Crippen LogP contribution in [0.25, 0.3) is 11.1 Å². The SMILES string of the molecule is O=C1c2ccc(-c3ccccc3)cc2CCN1CN1CCCC1. The summed E-state index contributed by atoms with van der Waals surface area (Å²) in [4.78, 5) is 17.2. The van der Waals surface area contributed by atoms with E-state index in [0.29, 0.717) is 0 Å². The average Bonchev–Trinajstić information content (AvgIpc) is 3.11. The van der Waals surface area contributed by atoms with Crippen molar-refractivity contribution in [2.24, 2.45) is 0 Å². The molecule has 2 aromatic carbocycles. The fourth-order valence-corrected chi connectivity index (χ4v) is 3.65. The highest BCUT2D eigenvalue weighted by Crippen LogP contribution is 2.26. The van der Waals surface area contributed by atoms with E-state index >= 15 is 0 Å². The quantitative estimate of drug-likeness (QED) is 0.867. The van der Waals surface area contributed by atoms with Gasteiger partial charge < -0.3 is 4.90 Å². The smallest absolute Gasteiger partial charge is 0.255 e. The molecule has 0 bridgehead atoms. The Kier molecular flexibility index (Phi) is 3.88. The zero-order valence-electron chi connectivity index (χ0n) is 13.4. The predicted molar refractivity (Wildman–Crippen MR) is 92.3 cm³/mol. The predicted octanol–water partition coefficient (Wildman–Crippen LogP) is 3.41. The number of fused-ring (bicyclic) bond motifs is 1. The van der Waals surface area contributed by atoms with Crippen LogP contribution >= 0.6 is 0 Å². The van der Waals surface area contributed by atoms with Crippen molar-refractivity contribution in [2.45, 2.75) is 19.3 Å². The molecule has 0 unspecified atom stereocenters. The lowest BCUT2D eigenvalue weighted by Crippen LogP contribution is -2.44. The number of likely N-dealkylation sites (tertiary alicyclic amines) is 1. The first-order chi connectivity index (χ1) is 11.3. The summed E-state index contributed by atoms with van der Waals surface area (Å²) in [5, 5.41) is 0. The summed E-state index contributed by atoms with van der Waals surface area (Å²) in [7, 11) is 0. The van der Waals surface area contributed by atoms with Crippen LogP contribution in [0.2, 0.25) is 0 Å². The van der Waals surface area contributed by atoms with Crippen LogP contribution in [0.3, 0.4) is 0 Å². The molecule has 0 spiro atoms. The van der Waals surface area contributed by atoms with Crippen LogP contribution in [-0.2, 0) is 6.42 Å². The van der Waals surface area contributed by atoms with Crippen molar-refractivity contribution >= 4 is 5.91 Å². The minimum atomic E-state index is 0.192. The largest absolute Gasteiger partial charge is 0.325 e. The Bertz CT molecular complexity index is 705. The second-order valence-electron chi connectivity index (χ2n) is 6.52. The standard InChI is InChI=1S/C20H22N2O/c23-20-19-9-8-17(16-6-2-1-3-7-16)14-18(19)10-13-22(20)15-21-11-4-5-12-21/h1-3,6-9,14H,4-5,10-13,15H2. The van der Waals surface area contributed by atoms with Crippen molar-refractivity contribution in [3.8, 4) is 11.1 Å². The molecule has 4 rings (SSSR count). The van der Waals surface area contributed by atoms with E-state index in [1.54, 1.807) is 0 Å². The van der Waals surface area contributed by atoms with Gasteiger partial charge in [-0.05, 0) is 55.1 Å². The summed E-state index contributed by atoms with van der Waals surface area (Å²) in [6.45, 7) is 3.88. The summed E-state index contributed by atoms with van der Waals surface area (Å²) in [6.07, 6.45) is 3.48. The van der Waals surface area contributed by atoms with Crippen LogP contribution in [0.5, 0.6) is 0 Å². The lowest BCUT2D eigenvalue weighted by atomic mass is 9.94. The Morgan fingerprint density at radius 3 is 2.43 bits per heavy atom. The monoisotopic (exact) mass is 306 g/mol. The van der Waals surface area contributed by atoms with Crippen molar-refractivity contribution in [1.29, 1.82) is 0 Å². The molecule has 0 atom stereocenters. The second kappa shape index (κ2) is 6.17. The Morgan fingerprint density at radius 1 is 0.870 bits per heavy atom. The number of amides is 1. The third-order valence-corrected chi connectivity index (χ3v) is 4.95. The molecule has 23 heavy (non-hydrogen) atoms. The molecule has 2 heterocycles. The van der Waals surface area contributed by atoms with Crippen LogP contribution in [0.15, 0.2) is 48.5 Å². The summed E-state index contributed by atoms with van der Waals surface area (Å²) in [6, 6.07) is 16.6. The van der Waals surface area contributed by atoms with Crippen molar-refractivity contribution in [2.75, 3.05) is 26.3 Å². The molecule has 0 aliphatic carbocycles. The molecule has 118 valence electrons. The van der Waals surface area contributed by atoms with E-state index < -0.39 is 0 Å². The molecule has 2 aliphatic heterocycles. The lowest BCUT2D eigenvalue weighted by molar-refractivity contribution is 0.0633. The molecule has 2 aromatic rings. The minimum absolute atomic E-state index is 0.192. The first-order valence-electron chi connectivity index (χ1n) is 8.51. The topological polar surface area (TPSA) is 23.6 Å². The number of hydrogen-bond donors (Lipinski definition) is 0. The molecule has 3 nitrogen and oxygen atoms in total. The Balaban J connectivity index is 1.56. The molecule has 0 N–H and O–H groups in total. The normalized spacial score (nSPS) is 18.3. The molecule has 1 amide bonds. The highest BCUT2D eigenvalue weighted by Gasteiger charge is 2.26. The second-order valence-corrected chi connectivity index (χ2v) is 6.52. The highest BCUT2D eigenvalue weighted by atomic mass is 16.2. The minimum Gasteiger partial charge on any atom is -0.325 e. The van der Waals surface area contributed by atoms with E-state index in [0.717, 1.165) is 38.3 Å². The summed E-state index contributed by atoms with van der Waals surface area (Å²) >= 11 is 0. The van der Waals surface area contributed by atoms with E-state index in [1.807, 2.05) is 17.0 Å². The maximum atomic E-state index is 12.8. The lowest BCUT2D eigenvalue weighted by Gasteiger charge is -2.32. The number of benzene rings is 2. The molecular weight excluding hydrogens is 284 g/mol. The molecule has 2 aliphatic rings. The van der Waals surface area contributed by atoms with E-state index in [9.17, 15) is 4.79 Å². The molecule has 0 aromatic heterocycles. The van der Waals surface area contributed by atoms with Gasteiger partial charge in [0, 0.05) is 12.1 Å². The van der Waals surface area contributed by atoms with Crippen molar-refractivity contribution in [3.05, 3.63) is 59.7 Å². The van der Waals surface area contributed by atoms with E-state index in [1.165, 1.54) is 29.5 Å². The zero-order valence-corrected chi connectivity index (χ0v) is 13.4. The van der Waals surface area contributed by atoms with Crippen molar-refractivity contribution < 1.29 is 4.79 Å². The Labute approximate surface area is 137 Å². The van der Waals surface area contributed by atoms with Crippen molar-refractivity contribution in [3.63, 3.8) is 0 Å². The van der Waals surface area contributed by atoms with Crippen LogP contribution in [0.1, 0.15) is 28.8 Å². The first-order valence-corrected chi connectivity index (χ1v) is 8.51. The molecule has 1 fully saturated rings. The van der Waals surface area contributed by atoms with Gasteiger partial charge in [-0.3, -0.25) is 9.69 Å². The highest BCUT2D eigenvalue weighted by molar-refractivity contribution is 5.97. The maximum absolute atomic E-state index is 12.8. The van der Waals surface area contributed by atoms with Gasteiger partial charge in [-0.15, -0.1) is 0 Å². The van der Waals surface area contributed by atoms with Crippen LogP contribution in [-0.4, -0.2) is 42.0 Å².